The largest absolute Gasteiger partial charge is 0.321 e. The topological polar surface area (TPSA) is 76.1 Å². The molecule has 1 fully saturated rings. The second-order valence-corrected chi connectivity index (χ2v) is 10.5. The van der Waals surface area contributed by atoms with E-state index in [0.29, 0.717) is 16.3 Å². The maximum atomic E-state index is 12.6. The third kappa shape index (κ3) is 3.83. The Balaban J connectivity index is 1.46. The lowest BCUT2D eigenvalue weighted by molar-refractivity contribution is 0.102. The molecule has 8 heteroatoms. The minimum Gasteiger partial charge on any atom is -0.321 e. The number of nitrogens with one attached hydrogen (secondary N) is 1. The van der Waals surface area contributed by atoms with Crippen LogP contribution < -0.4 is 5.32 Å². The zero-order valence-corrected chi connectivity index (χ0v) is 16.9. The van der Waals surface area contributed by atoms with E-state index in [1.165, 1.54) is 11.3 Å². The van der Waals surface area contributed by atoms with Gasteiger partial charge >= 0.3 is 0 Å². The highest BCUT2D eigenvalue weighted by molar-refractivity contribution is 7.92. The lowest BCUT2D eigenvalue weighted by Gasteiger charge is -2.11. The molecule has 0 unspecified atom stereocenters. The molecule has 1 saturated carbocycles. The Morgan fingerprint density at radius 3 is 2.48 bits per heavy atom. The highest BCUT2D eigenvalue weighted by Crippen LogP contribution is 2.30. The summed E-state index contributed by atoms with van der Waals surface area (Å²) in [5.41, 5.74) is 0.905. The summed E-state index contributed by atoms with van der Waals surface area (Å²) < 4.78 is 25.2. The summed E-state index contributed by atoms with van der Waals surface area (Å²) in [6.07, 6.45) is 3.41. The van der Waals surface area contributed by atoms with Crippen LogP contribution in [0, 0.1) is 0 Å². The maximum absolute atomic E-state index is 12.6. The number of thiazole rings is 1. The molecule has 3 aromatic rings. The Morgan fingerprint density at radius 1 is 1.07 bits per heavy atom. The molecule has 0 spiro atoms. The van der Waals surface area contributed by atoms with E-state index in [-0.39, 0.29) is 11.2 Å². The number of anilines is 1. The van der Waals surface area contributed by atoms with Crippen molar-refractivity contribution in [2.75, 3.05) is 5.32 Å². The summed E-state index contributed by atoms with van der Waals surface area (Å²) in [6.45, 7) is 0. The van der Waals surface area contributed by atoms with E-state index in [9.17, 15) is 13.2 Å². The Labute approximate surface area is 166 Å². The Bertz CT molecular complexity index is 1030. The van der Waals surface area contributed by atoms with Crippen molar-refractivity contribution in [1.82, 2.24) is 4.98 Å². The van der Waals surface area contributed by atoms with Crippen molar-refractivity contribution in [3.8, 4) is 9.88 Å². The van der Waals surface area contributed by atoms with Crippen LogP contribution in [0.2, 0.25) is 0 Å². The number of carbonyl (C=O) groups excluding carboxylic acids is 1. The monoisotopic (exact) mass is 418 g/mol. The van der Waals surface area contributed by atoms with Crippen LogP contribution in [0.25, 0.3) is 9.88 Å². The molecule has 0 atom stereocenters. The Kier molecular flexibility index (Phi) is 5.12. The van der Waals surface area contributed by atoms with Gasteiger partial charge < -0.3 is 5.32 Å². The zero-order chi connectivity index (χ0) is 18.9. The van der Waals surface area contributed by atoms with Crippen LogP contribution >= 0.6 is 22.7 Å². The number of hydrogen-bond acceptors (Lipinski definition) is 6. The molecule has 1 aliphatic rings. The van der Waals surface area contributed by atoms with Crippen LogP contribution in [0.5, 0.6) is 0 Å². The average Bonchev–Trinajstić information content (AvgIpc) is 3.44. The van der Waals surface area contributed by atoms with E-state index >= 15 is 0 Å². The van der Waals surface area contributed by atoms with Gasteiger partial charge in [0, 0.05) is 11.1 Å². The molecule has 1 aromatic carbocycles. The third-order valence-electron chi connectivity index (χ3n) is 4.65. The van der Waals surface area contributed by atoms with Gasteiger partial charge in [-0.2, -0.15) is 0 Å². The molecule has 0 saturated heterocycles. The predicted molar refractivity (Wildman–Crippen MR) is 109 cm³/mol. The molecular weight excluding hydrogens is 400 g/mol. The number of carbonyl (C=O) groups is 1. The first-order chi connectivity index (χ1) is 13.0. The highest BCUT2D eigenvalue weighted by Gasteiger charge is 2.30. The van der Waals surface area contributed by atoms with E-state index < -0.39 is 9.84 Å². The molecular formula is C19H18N2O3S3. The molecule has 2 aromatic heterocycles. The molecule has 5 nitrogen and oxygen atoms in total. The van der Waals surface area contributed by atoms with Crippen LogP contribution in [0.3, 0.4) is 0 Å². The smallest absolute Gasteiger partial charge is 0.275 e. The van der Waals surface area contributed by atoms with Crippen molar-refractivity contribution >= 4 is 44.1 Å². The van der Waals surface area contributed by atoms with E-state index in [2.05, 4.69) is 10.3 Å². The van der Waals surface area contributed by atoms with Crippen LogP contribution in [0.1, 0.15) is 36.2 Å². The molecule has 0 aliphatic heterocycles. The number of benzene rings is 1. The number of thiophene rings is 1. The van der Waals surface area contributed by atoms with Gasteiger partial charge in [-0.3, -0.25) is 4.79 Å². The predicted octanol–water partition coefficient (Wildman–Crippen LogP) is 4.84. The zero-order valence-electron chi connectivity index (χ0n) is 14.4. The molecule has 0 bridgehead atoms. The summed E-state index contributed by atoms with van der Waals surface area (Å²) in [6, 6.07) is 10.3. The lowest BCUT2D eigenvalue weighted by atomic mass is 10.3. The van der Waals surface area contributed by atoms with E-state index in [0.717, 1.165) is 35.6 Å². The van der Waals surface area contributed by atoms with Crippen LogP contribution in [0.15, 0.2) is 52.1 Å². The summed E-state index contributed by atoms with van der Waals surface area (Å²) in [4.78, 5) is 18.1. The highest BCUT2D eigenvalue weighted by atomic mass is 32.2. The molecule has 140 valence electrons. The van der Waals surface area contributed by atoms with Crippen molar-refractivity contribution < 1.29 is 13.2 Å². The number of sulfone groups is 1. The number of amides is 1. The quantitative estimate of drug-likeness (QED) is 0.643. The first kappa shape index (κ1) is 18.3. The van der Waals surface area contributed by atoms with Crippen LogP contribution in [-0.4, -0.2) is 24.6 Å². The SMILES string of the molecule is O=C(Nc1ccc(S(=O)(=O)C2CCCC2)cc1)c1csc(-c2cccs2)n1. The van der Waals surface area contributed by atoms with Gasteiger partial charge in [0.05, 0.1) is 15.0 Å². The Hall–Kier alpha value is -2.03. The van der Waals surface area contributed by atoms with Gasteiger partial charge in [0.1, 0.15) is 10.7 Å². The molecule has 0 radical (unpaired) electrons. The van der Waals surface area contributed by atoms with Gasteiger partial charge in [-0.15, -0.1) is 22.7 Å². The van der Waals surface area contributed by atoms with Gasteiger partial charge in [-0.1, -0.05) is 18.9 Å². The average molecular weight is 419 g/mol. The molecule has 2 heterocycles. The second kappa shape index (κ2) is 7.53. The number of rotatable bonds is 5. The summed E-state index contributed by atoms with van der Waals surface area (Å²) in [7, 11) is -3.28. The normalized spacial score (nSPS) is 15.1. The first-order valence-corrected chi connectivity index (χ1v) is 12.0. The van der Waals surface area contributed by atoms with Crippen molar-refractivity contribution in [2.24, 2.45) is 0 Å². The molecule has 1 aliphatic carbocycles. The Morgan fingerprint density at radius 2 is 1.81 bits per heavy atom. The number of nitrogens with zero attached hydrogens (tertiary/aromatic N) is 1. The standard InChI is InChI=1S/C19H18N2O3S3/c22-18(16-12-26-19(21-16)17-6-3-11-25-17)20-13-7-9-15(10-8-13)27(23,24)14-4-1-2-5-14/h3,6-12,14H,1-2,4-5H2,(H,20,22). The van der Waals surface area contributed by atoms with Crippen molar-refractivity contribution in [1.29, 1.82) is 0 Å². The van der Waals surface area contributed by atoms with Crippen molar-refractivity contribution in [3.05, 3.63) is 52.9 Å². The number of aromatic nitrogens is 1. The fraction of sp³-hybridized carbons (Fsp3) is 0.263. The lowest BCUT2D eigenvalue weighted by Crippen LogP contribution is -2.18. The van der Waals surface area contributed by atoms with E-state index in [4.69, 9.17) is 0 Å². The molecule has 1 N–H and O–H groups in total. The fourth-order valence-corrected chi connectivity index (χ4v) is 6.67. The van der Waals surface area contributed by atoms with Gasteiger partial charge in [0.2, 0.25) is 0 Å². The number of hydrogen-bond donors (Lipinski definition) is 1. The van der Waals surface area contributed by atoms with Gasteiger partial charge in [-0.05, 0) is 48.6 Å². The van der Waals surface area contributed by atoms with Crippen LogP contribution in [0.4, 0.5) is 5.69 Å². The van der Waals surface area contributed by atoms with Crippen LogP contribution in [-0.2, 0) is 9.84 Å². The van der Waals surface area contributed by atoms with Crippen molar-refractivity contribution in [3.63, 3.8) is 0 Å². The molecule has 27 heavy (non-hydrogen) atoms. The van der Waals surface area contributed by atoms with E-state index in [1.54, 1.807) is 41.0 Å². The van der Waals surface area contributed by atoms with Gasteiger partial charge in [0.25, 0.3) is 5.91 Å². The maximum Gasteiger partial charge on any atom is 0.275 e. The minimum atomic E-state index is -3.28. The molecule has 1 amide bonds. The third-order valence-corrected chi connectivity index (χ3v) is 8.81. The second-order valence-electron chi connectivity index (χ2n) is 6.45. The summed E-state index contributed by atoms with van der Waals surface area (Å²) >= 11 is 3.00. The summed E-state index contributed by atoms with van der Waals surface area (Å²) in [5.74, 6) is -0.305. The van der Waals surface area contributed by atoms with Gasteiger partial charge in [0.15, 0.2) is 9.84 Å². The summed E-state index contributed by atoms with van der Waals surface area (Å²) in [5, 5.41) is 7.01. The minimum absolute atomic E-state index is 0.274. The molecule has 4 rings (SSSR count). The van der Waals surface area contributed by atoms with Crippen molar-refractivity contribution in [2.45, 2.75) is 35.8 Å². The van der Waals surface area contributed by atoms with E-state index in [1.807, 2.05) is 17.5 Å². The first-order valence-electron chi connectivity index (χ1n) is 8.69. The van der Waals surface area contributed by atoms with Gasteiger partial charge in [-0.25, -0.2) is 13.4 Å². The fourth-order valence-electron chi connectivity index (χ4n) is 3.21.